The molecule has 0 atom stereocenters. The van der Waals surface area contributed by atoms with Crippen molar-refractivity contribution in [2.45, 2.75) is 0 Å². The van der Waals surface area contributed by atoms with Crippen molar-refractivity contribution < 1.29 is 4.79 Å². The number of urea groups is 1. The van der Waals surface area contributed by atoms with Gasteiger partial charge < -0.3 is 5.73 Å². The first-order chi connectivity index (χ1) is 7.29. The van der Waals surface area contributed by atoms with Crippen molar-refractivity contribution in [2.75, 3.05) is 4.90 Å². The molecule has 2 amide bonds. The van der Waals surface area contributed by atoms with E-state index in [1.54, 1.807) is 18.3 Å². The second-order valence-electron chi connectivity index (χ2n) is 2.97. The van der Waals surface area contributed by atoms with Gasteiger partial charge in [0.05, 0.1) is 17.6 Å². The van der Waals surface area contributed by atoms with Gasteiger partial charge in [-0.05, 0) is 12.1 Å². The number of anilines is 2. The van der Waals surface area contributed by atoms with E-state index >= 15 is 0 Å². The number of carbonyl (C=O) groups excluding carboxylic acids is 1. The van der Waals surface area contributed by atoms with Gasteiger partial charge in [0.15, 0.2) is 0 Å². The number of nitrogens with zero attached hydrogens (tertiary/aromatic N) is 2. The fourth-order valence-corrected chi connectivity index (χ4v) is 1.35. The van der Waals surface area contributed by atoms with Gasteiger partial charge in [-0.25, -0.2) is 4.79 Å². The summed E-state index contributed by atoms with van der Waals surface area (Å²) in [6.07, 6.45) is 3.15. The van der Waals surface area contributed by atoms with Gasteiger partial charge in [-0.2, -0.15) is 5.10 Å². The Morgan fingerprint density at radius 1 is 1.27 bits per heavy atom. The smallest absolute Gasteiger partial charge is 0.323 e. The predicted octanol–water partition coefficient (Wildman–Crippen LogP) is 1.63. The van der Waals surface area contributed by atoms with Crippen molar-refractivity contribution in [3.05, 3.63) is 42.7 Å². The number of hydrogen-bond acceptors (Lipinski definition) is 2. The van der Waals surface area contributed by atoms with Crippen LogP contribution < -0.4 is 10.6 Å². The summed E-state index contributed by atoms with van der Waals surface area (Å²) in [5, 5.41) is 6.41. The summed E-state index contributed by atoms with van der Waals surface area (Å²) in [7, 11) is 0. The zero-order chi connectivity index (χ0) is 10.7. The van der Waals surface area contributed by atoms with Crippen LogP contribution in [-0.4, -0.2) is 16.2 Å². The molecule has 1 aromatic carbocycles. The number of aromatic amines is 1. The zero-order valence-electron chi connectivity index (χ0n) is 7.92. The fourth-order valence-electron chi connectivity index (χ4n) is 1.35. The Balaban J connectivity index is 2.42. The van der Waals surface area contributed by atoms with Gasteiger partial charge in [-0.3, -0.25) is 10.00 Å². The number of nitrogens with one attached hydrogen (secondary N) is 1. The first-order valence-electron chi connectivity index (χ1n) is 4.42. The molecule has 0 radical (unpaired) electrons. The van der Waals surface area contributed by atoms with Crippen LogP contribution in [0.1, 0.15) is 0 Å². The second kappa shape index (κ2) is 3.83. The van der Waals surface area contributed by atoms with Crippen LogP contribution in [0.5, 0.6) is 0 Å². The normalized spacial score (nSPS) is 9.87. The van der Waals surface area contributed by atoms with Crippen LogP contribution in [0.15, 0.2) is 42.7 Å². The van der Waals surface area contributed by atoms with E-state index in [2.05, 4.69) is 10.2 Å². The van der Waals surface area contributed by atoms with E-state index in [4.69, 9.17) is 5.73 Å². The van der Waals surface area contributed by atoms with Crippen molar-refractivity contribution in [1.29, 1.82) is 0 Å². The van der Waals surface area contributed by atoms with Crippen molar-refractivity contribution in [1.82, 2.24) is 10.2 Å². The molecule has 0 aliphatic rings. The monoisotopic (exact) mass is 202 g/mol. The van der Waals surface area contributed by atoms with Crippen molar-refractivity contribution in [3.8, 4) is 0 Å². The number of para-hydroxylation sites is 1. The van der Waals surface area contributed by atoms with Crippen LogP contribution in [0.2, 0.25) is 0 Å². The van der Waals surface area contributed by atoms with Crippen molar-refractivity contribution in [3.63, 3.8) is 0 Å². The van der Waals surface area contributed by atoms with Gasteiger partial charge >= 0.3 is 6.03 Å². The quantitative estimate of drug-likeness (QED) is 0.776. The molecular formula is C10H10N4O. The number of H-pyrrole nitrogens is 1. The van der Waals surface area contributed by atoms with Crippen LogP contribution in [0.3, 0.4) is 0 Å². The molecule has 76 valence electrons. The molecule has 2 aromatic rings. The van der Waals surface area contributed by atoms with E-state index in [0.717, 1.165) is 0 Å². The number of carbonyl (C=O) groups is 1. The summed E-state index contributed by atoms with van der Waals surface area (Å²) in [6.45, 7) is 0. The Morgan fingerprint density at radius 2 is 2.00 bits per heavy atom. The largest absolute Gasteiger partial charge is 0.351 e. The van der Waals surface area contributed by atoms with Gasteiger partial charge in [0, 0.05) is 6.20 Å². The van der Waals surface area contributed by atoms with Crippen LogP contribution >= 0.6 is 0 Å². The highest BCUT2D eigenvalue weighted by Gasteiger charge is 2.14. The van der Waals surface area contributed by atoms with E-state index in [0.29, 0.717) is 11.4 Å². The lowest BCUT2D eigenvalue weighted by Crippen LogP contribution is -2.31. The minimum atomic E-state index is -0.539. The molecule has 15 heavy (non-hydrogen) atoms. The third-order valence-corrected chi connectivity index (χ3v) is 1.98. The first-order valence-corrected chi connectivity index (χ1v) is 4.42. The molecule has 5 heteroatoms. The van der Waals surface area contributed by atoms with Crippen LogP contribution in [0.25, 0.3) is 0 Å². The molecule has 1 aromatic heterocycles. The molecule has 5 nitrogen and oxygen atoms in total. The highest BCUT2D eigenvalue weighted by molar-refractivity contribution is 5.98. The summed E-state index contributed by atoms with van der Waals surface area (Å²) in [6, 6.07) is 8.62. The highest BCUT2D eigenvalue weighted by Crippen LogP contribution is 2.23. The number of benzene rings is 1. The molecule has 0 spiro atoms. The van der Waals surface area contributed by atoms with Crippen molar-refractivity contribution >= 4 is 17.4 Å². The van der Waals surface area contributed by atoms with E-state index in [1.165, 1.54) is 11.1 Å². The maximum Gasteiger partial charge on any atom is 0.323 e. The van der Waals surface area contributed by atoms with E-state index in [9.17, 15) is 4.79 Å². The Kier molecular flexibility index (Phi) is 2.37. The number of primary amides is 1. The molecule has 2 rings (SSSR count). The number of aromatic nitrogens is 2. The third kappa shape index (κ3) is 1.80. The molecule has 0 unspecified atom stereocenters. The minimum absolute atomic E-state index is 0.539. The van der Waals surface area contributed by atoms with E-state index in [-0.39, 0.29) is 0 Å². The summed E-state index contributed by atoms with van der Waals surface area (Å²) in [5.41, 5.74) is 6.64. The standard InChI is InChI=1S/C10H10N4O/c11-10(15)14(9-6-12-13-7-9)8-4-2-1-3-5-8/h1-7H,(H2,11,15)(H,12,13). The van der Waals surface area contributed by atoms with Gasteiger partial charge in [0.25, 0.3) is 0 Å². The SMILES string of the molecule is NC(=O)N(c1ccccc1)c1cn[nH]c1. The molecule has 0 bridgehead atoms. The number of rotatable bonds is 2. The Morgan fingerprint density at radius 3 is 2.53 bits per heavy atom. The molecule has 0 aliphatic carbocycles. The maximum absolute atomic E-state index is 11.3. The topological polar surface area (TPSA) is 75.0 Å². The lowest BCUT2D eigenvalue weighted by Gasteiger charge is -2.17. The Hall–Kier alpha value is -2.30. The molecule has 3 N–H and O–H groups in total. The average molecular weight is 202 g/mol. The molecule has 0 saturated carbocycles. The summed E-state index contributed by atoms with van der Waals surface area (Å²) in [4.78, 5) is 12.7. The van der Waals surface area contributed by atoms with Crippen LogP contribution in [0, 0.1) is 0 Å². The Labute approximate surface area is 86.5 Å². The van der Waals surface area contributed by atoms with Gasteiger partial charge in [-0.15, -0.1) is 0 Å². The van der Waals surface area contributed by atoms with Gasteiger partial charge in [0.1, 0.15) is 0 Å². The predicted molar refractivity (Wildman–Crippen MR) is 56.8 cm³/mol. The number of nitrogens with two attached hydrogens (primary N) is 1. The molecule has 0 fully saturated rings. The zero-order valence-corrected chi connectivity index (χ0v) is 7.92. The Bertz CT molecular complexity index is 438. The fraction of sp³-hybridized carbons (Fsp3) is 0. The number of hydrogen-bond donors (Lipinski definition) is 2. The number of amides is 2. The lowest BCUT2D eigenvalue weighted by atomic mass is 10.3. The molecule has 1 heterocycles. The van der Waals surface area contributed by atoms with Crippen LogP contribution in [0.4, 0.5) is 16.2 Å². The summed E-state index contributed by atoms with van der Waals surface area (Å²) >= 11 is 0. The first kappa shape index (κ1) is 9.26. The maximum atomic E-state index is 11.3. The van der Waals surface area contributed by atoms with Gasteiger partial charge in [-0.1, -0.05) is 18.2 Å². The van der Waals surface area contributed by atoms with E-state index < -0.39 is 6.03 Å². The van der Waals surface area contributed by atoms with E-state index in [1.807, 2.05) is 18.2 Å². The molecule has 0 aliphatic heterocycles. The summed E-state index contributed by atoms with van der Waals surface area (Å²) < 4.78 is 0. The third-order valence-electron chi connectivity index (χ3n) is 1.98. The lowest BCUT2D eigenvalue weighted by molar-refractivity contribution is 0.256. The minimum Gasteiger partial charge on any atom is -0.351 e. The average Bonchev–Trinajstić information content (AvgIpc) is 2.72. The van der Waals surface area contributed by atoms with Crippen molar-refractivity contribution in [2.24, 2.45) is 5.73 Å². The second-order valence-corrected chi connectivity index (χ2v) is 2.97. The molecule has 0 saturated heterocycles. The van der Waals surface area contributed by atoms with Crippen LogP contribution in [-0.2, 0) is 0 Å². The molecular weight excluding hydrogens is 192 g/mol. The highest BCUT2D eigenvalue weighted by atomic mass is 16.2. The van der Waals surface area contributed by atoms with Gasteiger partial charge in [0.2, 0.25) is 0 Å². The summed E-state index contributed by atoms with van der Waals surface area (Å²) in [5.74, 6) is 0.